The van der Waals surface area contributed by atoms with Gasteiger partial charge in [-0.05, 0) is 24.7 Å². The number of benzene rings is 1. The molecule has 15 heavy (non-hydrogen) atoms. The summed E-state index contributed by atoms with van der Waals surface area (Å²) in [6.07, 6.45) is 1.12. The Morgan fingerprint density at radius 3 is 2.67 bits per heavy atom. The van der Waals surface area contributed by atoms with Gasteiger partial charge in [0.2, 0.25) is 0 Å². The van der Waals surface area contributed by atoms with Gasteiger partial charge in [0.05, 0.1) is 6.10 Å². The molecule has 0 saturated heterocycles. The Morgan fingerprint density at radius 1 is 1.40 bits per heavy atom. The minimum atomic E-state index is -0.287. The average molecular weight is 377 g/mol. The van der Waals surface area contributed by atoms with Crippen LogP contribution in [0, 0.1) is 6.92 Å². The van der Waals surface area contributed by atoms with Crippen molar-refractivity contribution in [2.75, 3.05) is 6.61 Å². The number of hydrogen-bond acceptors (Lipinski definition) is 2. The SMILES string of the molecule is [CH2-]COc1ccccc1CC(O)CC.[W]. The van der Waals surface area contributed by atoms with E-state index in [1.54, 1.807) is 0 Å². The third-order valence-corrected chi connectivity index (χ3v) is 2.16. The summed E-state index contributed by atoms with van der Waals surface area (Å²) in [5, 5.41) is 9.53. The molecule has 0 aliphatic heterocycles. The van der Waals surface area contributed by atoms with E-state index in [9.17, 15) is 5.11 Å². The van der Waals surface area contributed by atoms with Gasteiger partial charge in [0.1, 0.15) is 5.75 Å². The summed E-state index contributed by atoms with van der Waals surface area (Å²) in [6, 6.07) is 7.76. The fraction of sp³-hybridized carbons (Fsp3) is 0.417. The van der Waals surface area contributed by atoms with Crippen LogP contribution in [0.4, 0.5) is 0 Å². The zero-order chi connectivity index (χ0) is 10.4. The van der Waals surface area contributed by atoms with E-state index in [0.717, 1.165) is 17.7 Å². The van der Waals surface area contributed by atoms with Crippen LogP contribution in [0.1, 0.15) is 18.9 Å². The first-order chi connectivity index (χ1) is 6.77. The molecular weight excluding hydrogens is 360 g/mol. The molecule has 2 nitrogen and oxygen atoms in total. The van der Waals surface area contributed by atoms with Crippen LogP contribution in [0.25, 0.3) is 0 Å². The minimum absolute atomic E-state index is 0. The summed E-state index contributed by atoms with van der Waals surface area (Å²) in [7, 11) is 0. The van der Waals surface area contributed by atoms with E-state index in [-0.39, 0.29) is 27.2 Å². The standard InChI is InChI=1S/C12H17O2.W/c1-3-11(13)9-10-7-5-6-8-12(10)14-4-2;/h5-8,11,13H,2-4,9H2,1H3;/q-1;. The molecule has 1 atom stereocenters. The van der Waals surface area contributed by atoms with Crippen LogP contribution in [0.5, 0.6) is 5.75 Å². The molecule has 84 valence electrons. The predicted molar refractivity (Wildman–Crippen MR) is 57.3 cm³/mol. The minimum Gasteiger partial charge on any atom is -0.525 e. The average Bonchev–Trinajstić information content (AvgIpc) is 2.21. The van der Waals surface area contributed by atoms with Gasteiger partial charge in [-0.15, -0.1) is 0 Å². The van der Waals surface area contributed by atoms with Gasteiger partial charge < -0.3 is 16.8 Å². The second kappa shape index (κ2) is 7.90. The van der Waals surface area contributed by atoms with Crippen molar-refractivity contribution in [3.8, 4) is 5.75 Å². The quantitative estimate of drug-likeness (QED) is 0.798. The molecule has 0 aliphatic carbocycles. The Hall–Kier alpha value is -0.332. The first-order valence-electron chi connectivity index (χ1n) is 4.96. The summed E-state index contributed by atoms with van der Waals surface area (Å²) < 4.78 is 5.36. The maximum absolute atomic E-state index is 9.53. The second-order valence-electron chi connectivity index (χ2n) is 3.22. The van der Waals surface area contributed by atoms with Gasteiger partial charge in [-0.1, -0.05) is 25.1 Å². The number of aliphatic hydroxyl groups excluding tert-OH is 1. The van der Waals surface area contributed by atoms with Gasteiger partial charge >= 0.3 is 0 Å². The smallest absolute Gasteiger partial charge is 0.118 e. The van der Waals surface area contributed by atoms with E-state index < -0.39 is 0 Å². The number of ether oxygens (including phenoxy) is 1. The van der Waals surface area contributed by atoms with Crippen LogP contribution in [-0.4, -0.2) is 17.8 Å². The molecular formula is C12H17O2W-. The molecule has 0 spiro atoms. The molecule has 1 N–H and O–H groups in total. The molecule has 1 rings (SSSR count). The Morgan fingerprint density at radius 2 is 2.07 bits per heavy atom. The third-order valence-electron chi connectivity index (χ3n) is 2.16. The Labute approximate surface area is 106 Å². The molecule has 0 aromatic heterocycles. The first-order valence-corrected chi connectivity index (χ1v) is 4.96. The Bertz CT molecular complexity index is 276. The van der Waals surface area contributed by atoms with Crippen molar-refractivity contribution < 1.29 is 30.9 Å². The van der Waals surface area contributed by atoms with Crippen LogP contribution in [0.15, 0.2) is 24.3 Å². The van der Waals surface area contributed by atoms with E-state index in [1.807, 2.05) is 31.2 Å². The van der Waals surface area contributed by atoms with Crippen molar-refractivity contribution >= 4 is 0 Å². The van der Waals surface area contributed by atoms with Gasteiger partial charge in [0, 0.05) is 27.5 Å². The molecule has 1 unspecified atom stereocenters. The number of para-hydroxylation sites is 1. The van der Waals surface area contributed by atoms with Crippen molar-refractivity contribution in [2.45, 2.75) is 25.9 Å². The molecule has 0 heterocycles. The zero-order valence-electron chi connectivity index (χ0n) is 8.98. The van der Waals surface area contributed by atoms with Crippen molar-refractivity contribution in [3.05, 3.63) is 36.8 Å². The molecule has 1 aromatic carbocycles. The molecule has 0 bridgehead atoms. The van der Waals surface area contributed by atoms with Crippen molar-refractivity contribution in [3.63, 3.8) is 0 Å². The molecule has 0 aliphatic rings. The fourth-order valence-corrected chi connectivity index (χ4v) is 1.32. The normalized spacial score (nSPS) is 11.7. The maximum atomic E-state index is 9.53. The summed E-state index contributed by atoms with van der Waals surface area (Å²) in [4.78, 5) is 0. The van der Waals surface area contributed by atoms with Crippen LogP contribution < -0.4 is 4.74 Å². The Balaban J connectivity index is 0.00000196. The molecule has 0 radical (unpaired) electrons. The molecule has 0 saturated carbocycles. The van der Waals surface area contributed by atoms with Crippen LogP contribution in [0.2, 0.25) is 0 Å². The van der Waals surface area contributed by atoms with Gasteiger partial charge in [0.25, 0.3) is 0 Å². The van der Waals surface area contributed by atoms with Crippen LogP contribution in [0.3, 0.4) is 0 Å². The molecule has 1 aromatic rings. The van der Waals surface area contributed by atoms with E-state index in [4.69, 9.17) is 4.74 Å². The Kier molecular flexibility index (Phi) is 7.72. The third kappa shape index (κ3) is 4.81. The maximum Gasteiger partial charge on any atom is 0.118 e. The predicted octanol–water partition coefficient (Wildman–Crippen LogP) is 2.21. The van der Waals surface area contributed by atoms with Gasteiger partial charge in [0.15, 0.2) is 0 Å². The van der Waals surface area contributed by atoms with Crippen molar-refractivity contribution in [1.82, 2.24) is 0 Å². The van der Waals surface area contributed by atoms with E-state index in [0.29, 0.717) is 13.0 Å². The van der Waals surface area contributed by atoms with E-state index in [2.05, 4.69) is 6.92 Å². The zero-order valence-corrected chi connectivity index (χ0v) is 11.9. The van der Waals surface area contributed by atoms with Crippen LogP contribution >= 0.6 is 0 Å². The second-order valence-corrected chi connectivity index (χ2v) is 3.22. The fourth-order valence-electron chi connectivity index (χ4n) is 1.32. The first kappa shape index (κ1) is 14.7. The van der Waals surface area contributed by atoms with E-state index >= 15 is 0 Å². The summed E-state index contributed by atoms with van der Waals surface area (Å²) in [5.41, 5.74) is 1.05. The monoisotopic (exact) mass is 377 g/mol. The molecule has 0 amide bonds. The van der Waals surface area contributed by atoms with Gasteiger partial charge in [-0.25, -0.2) is 0 Å². The van der Waals surface area contributed by atoms with Crippen molar-refractivity contribution in [1.29, 1.82) is 0 Å². The van der Waals surface area contributed by atoms with Crippen molar-refractivity contribution in [2.24, 2.45) is 0 Å². The summed E-state index contributed by atoms with van der Waals surface area (Å²) in [5.74, 6) is 0.829. The number of rotatable bonds is 5. The van der Waals surface area contributed by atoms with E-state index in [1.165, 1.54) is 0 Å². The topological polar surface area (TPSA) is 29.5 Å². The number of hydrogen-bond donors (Lipinski definition) is 1. The largest absolute Gasteiger partial charge is 0.525 e. The summed E-state index contributed by atoms with van der Waals surface area (Å²) in [6.45, 7) is 6.02. The van der Waals surface area contributed by atoms with Gasteiger partial charge in [-0.2, -0.15) is 0 Å². The molecule has 0 fully saturated rings. The van der Waals surface area contributed by atoms with Crippen LogP contribution in [-0.2, 0) is 27.5 Å². The number of aliphatic hydroxyl groups is 1. The molecule has 3 heteroatoms. The summed E-state index contributed by atoms with van der Waals surface area (Å²) >= 11 is 0. The van der Waals surface area contributed by atoms with Gasteiger partial charge in [-0.3, -0.25) is 0 Å².